The minimum atomic E-state index is -0.391. The number of fused-ring (bicyclic) bond motifs is 1. The minimum absolute atomic E-state index is 0.0447. The van der Waals surface area contributed by atoms with Crippen LogP contribution < -0.4 is 5.32 Å². The zero-order chi connectivity index (χ0) is 14.1. The Morgan fingerprint density at radius 1 is 1.35 bits per heavy atom. The summed E-state index contributed by atoms with van der Waals surface area (Å²) < 4.78 is 13.0. The Hall–Kier alpha value is -1.13. The van der Waals surface area contributed by atoms with E-state index < -0.39 is 5.82 Å². The number of benzene rings is 1. The molecule has 2 aliphatic heterocycles. The predicted molar refractivity (Wildman–Crippen MR) is 77.2 cm³/mol. The van der Waals surface area contributed by atoms with E-state index in [1.807, 2.05) is 6.92 Å². The predicted octanol–water partition coefficient (Wildman–Crippen LogP) is 2.81. The lowest BCUT2D eigenvalue weighted by Crippen LogP contribution is -2.46. The lowest BCUT2D eigenvalue weighted by Gasteiger charge is -2.36. The van der Waals surface area contributed by atoms with Crippen molar-refractivity contribution in [3.05, 3.63) is 29.6 Å². The van der Waals surface area contributed by atoms with Crippen molar-refractivity contribution in [2.75, 3.05) is 13.1 Å². The number of phenols is 1. The highest BCUT2D eigenvalue weighted by Crippen LogP contribution is 2.30. The molecule has 2 aliphatic rings. The maximum absolute atomic E-state index is 13.0. The van der Waals surface area contributed by atoms with Crippen molar-refractivity contribution in [1.82, 2.24) is 10.2 Å². The standard InChI is InChI=1S/C16H23FN2O/c1-11(15-5-4-12(17)9-16(15)20)18-13-6-8-19-7-2-3-14(19)10-13/h4-5,9,11,13-14,18,20H,2-3,6-8,10H2,1H3. The van der Waals surface area contributed by atoms with E-state index >= 15 is 0 Å². The zero-order valence-corrected chi connectivity index (χ0v) is 12.0. The van der Waals surface area contributed by atoms with Gasteiger partial charge < -0.3 is 15.3 Å². The van der Waals surface area contributed by atoms with Crippen LogP contribution in [-0.2, 0) is 0 Å². The number of phenolic OH excluding ortho intramolecular Hbond substituents is 1. The SMILES string of the molecule is CC(NC1CCN2CCCC2C1)c1ccc(F)cc1O. The fourth-order valence-electron chi connectivity index (χ4n) is 3.70. The van der Waals surface area contributed by atoms with Crippen molar-refractivity contribution in [2.45, 2.75) is 50.7 Å². The fourth-order valence-corrected chi connectivity index (χ4v) is 3.70. The second kappa shape index (κ2) is 5.70. The van der Waals surface area contributed by atoms with E-state index in [1.165, 1.54) is 44.5 Å². The molecule has 3 atom stereocenters. The van der Waals surface area contributed by atoms with E-state index in [9.17, 15) is 9.50 Å². The van der Waals surface area contributed by atoms with Gasteiger partial charge in [-0.2, -0.15) is 0 Å². The van der Waals surface area contributed by atoms with E-state index in [-0.39, 0.29) is 11.8 Å². The summed E-state index contributed by atoms with van der Waals surface area (Å²) in [4.78, 5) is 2.60. The molecule has 4 heteroatoms. The van der Waals surface area contributed by atoms with Gasteiger partial charge in [0.15, 0.2) is 0 Å². The number of piperidine rings is 1. The zero-order valence-electron chi connectivity index (χ0n) is 12.0. The molecule has 0 amide bonds. The van der Waals surface area contributed by atoms with E-state index in [0.717, 1.165) is 18.0 Å². The molecule has 3 nitrogen and oxygen atoms in total. The van der Waals surface area contributed by atoms with Crippen LogP contribution in [0.4, 0.5) is 4.39 Å². The molecule has 0 bridgehead atoms. The number of rotatable bonds is 3. The van der Waals surface area contributed by atoms with Gasteiger partial charge >= 0.3 is 0 Å². The van der Waals surface area contributed by atoms with Gasteiger partial charge in [-0.15, -0.1) is 0 Å². The summed E-state index contributed by atoms with van der Waals surface area (Å²) in [7, 11) is 0. The minimum Gasteiger partial charge on any atom is -0.508 e. The summed E-state index contributed by atoms with van der Waals surface area (Å²) in [5.41, 5.74) is 0.778. The van der Waals surface area contributed by atoms with Crippen molar-refractivity contribution in [2.24, 2.45) is 0 Å². The van der Waals surface area contributed by atoms with E-state index in [0.29, 0.717) is 6.04 Å². The molecule has 2 fully saturated rings. The molecule has 110 valence electrons. The number of aromatic hydroxyl groups is 1. The molecule has 0 spiro atoms. The summed E-state index contributed by atoms with van der Waals surface area (Å²) in [5.74, 6) is -0.346. The molecule has 1 aromatic rings. The molecule has 2 heterocycles. The van der Waals surface area contributed by atoms with Crippen molar-refractivity contribution < 1.29 is 9.50 Å². The molecular weight excluding hydrogens is 255 g/mol. The largest absolute Gasteiger partial charge is 0.508 e. The molecule has 3 unspecified atom stereocenters. The van der Waals surface area contributed by atoms with Crippen LogP contribution in [0.25, 0.3) is 0 Å². The number of halogens is 1. The van der Waals surface area contributed by atoms with Gasteiger partial charge in [-0.3, -0.25) is 0 Å². The van der Waals surface area contributed by atoms with Crippen LogP contribution >= 0.6 is 0 Å². The Balaban J connectivity index is 1.62. The monoisotopic (exact) mass is 278 g/mol. The molecular formula is C16H23FN2O. The Morgan fingerprint density at radius 2 is 2.20 bits per heavy atom. The second-order valence-corrected chi connectivity index (χ2v) is 6.14. The quantitative estimate of drug-likeness (QED) is 0.892. The van der Waals surface area contributed by atoms with Gasteiger partial charge in [0.25, 0.3) is 0 Å². The third-order valence-electron chi connectivity index (χ3n) is 4.77. The van der Waals surface area contributed by atoms with Crippen LogP contribution in [0.3, 0.4) is 0 Å². The molecule has 2 saturated heterocycles. The molecule has 0 aliphatic carbocycles. The van der Waals surface area contributed by atoms with E-state index in [2.05, 4.69) is 10.2 Å². The first-order valence-corrected chi connectivity index (χ1v) is 7.62. The summed E-state index contributed by atoms with van der Waals surface area (Å²) in [5, 5.41) is 13.5. The van der Waals surface area contributed by atoms with E-state index in [1.54, 1.807) is 6.07 Å². The Morgan fingerprint density at radius 3 is 3.00 bits per heavy atom. The highest BCUT2D eigenvalue weighted by molar-refractivity contribution is 5.35. The molecule has 3 rings (SSSR count). The number of hydrogen-bond donors (Lipinski definition) is 2. The summed E-state index contributed by atoms with van der Waals surface area (Å²) in [6, 6.07) is 5.55. The van der Waals surface area contributed by atoms with Gasteiger partial charge in [-0.05, 0) is 51.8 Å². The topological polar surface area (TPSA) is 35.5 Å². The lowest BCUT2D eigenvalue weighted by molar-refractivity contribution is 0.162. The second-order valence-electron chi connectivity index (χ2n) is 6.14. The number of hydrogen-bond acceptors (Lipinski definition) is 3. The van der Waals surface area contributed by atoms with Gasteiger partial charge in [0.2, 0.25) is 0 Å². The van der Waals surface area contributed by atoms with Gasteiger partial charge in [-0.25, -0.2) is 4.39 Å². The van der Waals surface area contributed by atoms with Gasteiger partial charge in [0.1, 0.15) is 11.6 Å². The normalized spacial score (nSPS) is 28.3. The Kier molecular flexibility index (Phi) is 3.94. The third-order valence-corrected chi connectivity index (χ3v) is 4.77. The van der Waals surface area contributed by atoms with Crippen molar-refractivity contribution >= 4 is 0 Å². The van der Waals surface area contributed by atoms with Gasteiger partial charge in [0.05, 0.1) is 0 Å². The first kappa shape index (κ1) is 13.8. The molecule has 1 aromatic carbocycles. The average molecular weight is 278 g/mol. The van der Waals surface area contributed by atoms with E-state index in [4.69, 9.17) is 0 Å². The maximum Gasteiger partial charge on any atom is 0.126 e. The average Bonchev–Trinajstić information content (AvgIpc) is 2.85. The summed E-state index contributed by atoms with van der Waals surface area (Å²) >= 11 is 0. The van der Waals surface area contributed by atoms with Gasteiger partial charge in [-0.1, -0.05) is 6.07 Å². The van der Waals surface area contributed by atoms with Crippen molar-refractivity contribution in [3.8, 4) is 5.75 Å². The molecule has 0 aromatic heterocycles. The lowest BCUT2D eigenvalue weighted by atomic mass is 9.96. The number of nitrogens with zero attached hydrogens (tertiary/aromatic N) is 1. The molecule has 20 heavy (non-hydrogen) atoms. The highest BCUT2D eigenvalue weighted by atomic mass is 19.1. The van der Waals surface area contributed by atoms with Crippen LogP contribution in [0.1, 0.15) is 44.2 Å². The van der Waals surface area contributed by atoms with Crippen molar-refractivity contribution in [1.29, 1.82) is 0 Å². The molecule has 0 radical (unpaired) electrons. The van der Waals surface area contributed by atoms with Crippen LogP contribution in [0.2, 0.25) is 0 Å². The van der Waals surface area contributed by atoms with Crippen molar-refractivity contribution in [3.63, 3.8) is 0 Å². The van der Waals surface area contributed by atoms with Gasteiger partial charge in [0, 0.05) is 29.8 Å². The first-order chi connectivity index (χ1) is 9.63. The molecule has 0 saturated carbocycles. The number of nitrogens with one attached hydrogen (secondary N) is 1. The third kappa shape index (κ3) is 2.81. The fraction of sp³-hybridized carbons (Fsp3) is 0.625. The van der Waals surface area contributed by atoms with Crippen LogP contribution in [0.5, 0.6) is 5.75 Å². The molecule has 2 N–H and O–H groups in total. The van der Waals surface area contributed by atoms with Crippen LogP contribution in [0.15, 0.2) is 18.2 Å². The first-order valence-electron chi connectivity index (χ1n) is 7.62. The highest BCUT2D eigenvalue weighted by Gasteiger charge is 2.32. The summed E-state index contributed by atoms with van der Waals surface area (Å²) in [6.45, 7) is 4.46. The Labute approximate surface area is 119 Å². The maximum atomic E-state index is 13.0. The van der Waals surface area contributed by atoms with Crippen LogP contribution in [-0.4, -0.2) is 35.2 Å². The Bertz CT molecular complexity index is 480. The smallest absolute Gasteiger partial charge is 0.126 e. The van der Waals surface area contributed by atoms with Crippen LogP contribution in [0, 0.1) is 5.82 Å². The summed E-state index contributed by atoms with van der Waals surface area (Å²) in [6.07, 6.45) is 4.98.